The zero-order valence-corrected chi connectivity index (χ0v) is 16.9. The maximum Gasteiger partial charge on any atom is 0.409 e. The summed E-state index contributed by atoms with van der Waals surface area (Å²) < 4.78 is 33.6. The van der Waals surface area contributed by atoms with E-state index in [-0.39, 0.29) is 22.3 Å². The maximum atomic E-state index is 12.9. The number of ether oxygens (including phenoxy) is 1. The first-order chi connectivity index (χ1) is 13.4. The number of carbonyl (C=O) groups excluding carboxylic acids is 1. The fourth-order valence-electron chi connectivity index (χ4n) is 4.22. The normalized spacial score (nSPS) is 21.0. The van der Waals surface area contributed by atoms with Crippen molar-refractivity contribution in [3.8, 4) is 0 Å². The van der Waals surface area contributed by atoms with E-state index in [0.717, 1.165) is 30.0 Å². The second kappa shape index (κ2) is 7.37. The number of fused-ring (bicyclic) bond motifs is 1. The van der Waals surface area contributed by atoms with Crippen LogP contribution in [0.1, 0.15) is 26.2 Å². The van der Waals surface area contributed by atoms with Crippen molar-refractivity contribution in [3.05, 3.63) is 42.5 Å². The number of sulfonamides is 1. The van der Waals surface area contributed by atoms with E-state index in [9.17, 15) is 13.2 Å². The highest BCUT2D eigenvalue weighted by molar-refractivity contribution is 7.89. The number of hydrogen-bond acceptors (Lipinski definition) is 4. The molecule has 28 heavy (non-hydrogen) atoms. The molecule has 1 spiro atoms. The number of piperidine rings is 1. The number of carbonyl (C=O) groups is 1. The Morgan fingerprint density at radius 2 is 1.93 bits per heavy atom. The van der Waals surface area contributed by atoms with Gasteiger partial charge >= 0.3 is 6.09 Å². The number of hydrogen-bond donors (Lipinski definition) is 1. The number of likely N-dealkylation sites (tertiary alicyclic amines) is 1. The number of amides is 1. The molecule has 1 saturated heterocycles. The fourth-order valence-corrected chi connectivity index (χ4v) is 5.34. The van der Waals surface area contributed by atoms with Crippen LogP contribution in [0.3, 0.4) is 0 Å². The molecule has 150 valence electrons. The standard InChI is InChI=1S/C21H26N2O4S/c1-2-27-20(24)23-12-11-21(9-10-21)18(15-23)14-22-28(25,26)19-8-7-16-5-3-4-6-17(16)13-19/h3-8,13,18,22H,2,9-12,14-15H2,1H3/t18-/m1/s1. The van der Waals surface area contributed by atoms with Gasteiger partial charge in [-0.2, -0.15) is 0 Å². The monoisotopic (exact) mass is 402 g/mol. The molecule has 2 aliphatic rings. The molecule has 6 nitrogen and oxygen atoms in total. The quantitative estimate of drug-likeness (QED) is 0.832. The van der Waals surface area contributed by atoms with Crippen molar-refractivity contribution in [1.29, 1.82) is 0 Å². The van der Waals surface area contributed by atoms with E-state index in [2.05, 4.69) is 4.72 Å². The van der Waals surface area contributed by atoms with Crippen molar-refractivity contribution in [1.82, 2.24) is 9.62 Å². The minimum absolute atomic E-state index is 0.112. The van der Waals surface area contributed by atoms with Crippen LogP contribution < -0.4 is 4.72 Å². The first-order valence-corrected chi connectivity index (χ1v) is 11.3. The SMILES string of the molecule is CCOC(=O)N1CCC2(CC2)[C@H](CNS(=O)(=O)c2ccc3ccccc3c2)C1. The zero-order chi connectivity index (χ0) is 19.8. The Kier molecular flexibility index (Phi) is 5.05. The van der Waals surface area contributed by atoms with Gasteiger partial charge in [-0.3, -0.25) is 0 Å². The molecule has 7 heteroatoms. The van der Waals surface area contributed by atoms with Crippen molar-refractivity contribution in [2.24, 2.45) is 11.3 Å². The van der Waals surface area contributed by atoms with Crippen LogP contribution in [0.2, 0.25) is 0 Å². The molecular weight excluding hydrogens is 376 g/mol. The highest BCUT2D eigenvalue weighted by Crippen LogP contribution is 2.56. The van der Waals surface area contributed by atoms with Gasteiger partial charge in [0.15, 0.2) is 0 Å². The van der Waals surface area contributed by atoms with Crippen molar-refractivity contribution >= 4 is 26.9 Å². The van der Waals surface area contributed by atoms with E-state index in [1.807, 2.05) is 30.3 Å². The van der Waals surface area contributed by atoms with E-state index in [1.165, 1.54) is 0 Å². The van der Waals surface area contributed by atoms with Gasteiger partial charge in [0.1, 0.15) is 0 Å². The van der Waals surface area contributed by atoms with E-state index in [4.69, 9.17) is 4.74 Å². The Hall–Kier alpha value is -2.12. The lowest BCUT2D eigenvalue weighted by Crippen LogP contribution is -2.48. The number of nitrogens with zero attached hydrogens (tertiary/aromatic N) is 1. The smallest absolute Gasteiger partial charge is 0.409 e. The predicted molar refractivity (Wildman–Crippen MR) is 108 cm³/mol. The molecule has 0 aromatic heterocycles. The molecule has 1 aliphatic heterocycles. The second-order valence-corrected chi connectivity index (χ2v) is 9.58. The van der Waals surface area contributed by atoms with E-state index < -0.39 is 10.0 Å². The molecule has 1 aliphatic carbocycles. The molecule has 0 radical (unpaired) electrons. The van der Waals surface area contributed by atoms with Crippen LogP contribution in [0.25, 0.3) is 10.8 Å². The van der Waals surface area contributed by atoms with E-state index >= 15 is 0 Å². The third-order valence-electron chi connectivity index (χ3n) is 6.16. The van der Waals surface area contributed by atoms with Gasteiger partial charge in [0.25, 0.3) is 0 Å². The van der Waals surface area contributed by atoms with Crippen LogP contribution in [0.5, 0.6) is 0 Å². The molecule has 1 saturated carbocycles. The molecule has 1 atom stereocenters. The number of rotatable bonds is 5. The Morgan fingerprint density at radius 1 is 1.18 bits per heavy atom. The summed E-state index contributed by atoms with van der Waals surface area (Å²) in [5.41, 5.74) is 0.175. The third kappa shape index (κ3) is 3.73. The molecule has 1 heterocycles. The zero-order valence-electron chi connectivity index (χ0n) is 16.1. The van der Waals surface area contributed by atoms with Gasteiger partial charge in [-0.1, -0.05) is 30.3 Å². The summed E-state index contributed by atoms with van der Waals surface area (Å²) in [5, 5.41) is 1.91. The summed E-state index contributed by atoms with van der Waals surface area (Å²) in [4.78, 5) is 14.1. The molecule has 2 fully saturated rings. The van der Waals surface area contributed by atoms with Gasteiger partial charge < -0.3 is 9.64 Å². The minimum atomic E-state index is -3.61. The van der Waals surface area contributed by atoms with Crippen molar-refractivity contribution < 1.29 is 17.9 Å². The number of benzene rings is 2. The summed E-state index contributed by atoms with van der Waals surface area (Å²) in [6.07, 6.45) is 2.81. The summed E-state index contributed by atoms with van der Waals surface area (Å²) in [6, 6.07) is 12.9. The van der Waals surface area contributed by atoms with Gasteiger partial charge in [-0.05, 0) is 60.4 Å². The van der Waals surface area contributed by atoms with Gasteiger partial charge in [0, 0.05) is 19.6 Å². The molecule has 2 aromatic rings. The molecule has 0 bridgehead atoms. The fraction of sp³-hybridized carbons (Fsp3) is 0.476. The highest BCUT2D eigenvalue weighted by Gasteiger charge is 2.52. The summed E-state index contributed by atoms with van der Waals surface area (Å²) in [7, 11) is -3.61. The maximum absolute atomic E-state index is 12.9. The first-order valence-electron chi connectivity index (χ1n) is 9.84. The summed E-state index contributed by atoms with van der Waals surface area (Å²) in [6.45, 7) is 3.70. The van der Waals surface area contributed by atoms with Gasteiger partial charge in [0.2, 0.25) is 10.0 Å². The van der Waals surface area contributed by atoms with Crippen molar-refractivity contribution in [2.45, 2.75) is 31.1 Å². The lowest BCUT2D eigenvalue weighted by molar-refractivity contribution is 0.0668. The van der Waals surface area contributed by atoms with Crippen LogP contribution >= 0.6 is 0 Å². The van der Waals surface area contributed by atoms with Crippen LogP contribution in [-0.2, 0) is 14.8 Å². The van der Waals surface area contributed by atoms with Crippen molar-refractivity contribution in [3.63, 3.8) is 0 Å². The Morgan fingerprint density at radius 3 is 2.64 bits per heavy atom. The summed E-state index contributed by atoms with van der Waals surface area (Å²) in [5.74, 6) is 0.112. The topological polar surface area (TPSA) is 75.7 Å². The Balaban J connectivity index is 1.47. The average Bonchev–Trinajstić information content (AvgIpc) is 3.47. The lowest BCUT2D eigenvalue weighted by atomic mass is 9.82. The largest absolute Gasteiger partial charge is 0.450 e. The first kappa shape index (κ1) is 19.2. The molecule has 0 unspecified atom stereocenters. The van der Waals surface area contributed by atoms with Crippen molar-refractivity contribution in [2.75, 3.05) is 26.2 Å². The summed E-state index contributed by atoms with van der Waals surface area (Å²) >= 11 is 0. The average molecular weight is 403 g/mol. The predicted octanol–water partition coefficient (Wildman–Crippen LogP) is 3.38. The Labute approximate surface area is 165 Å². The van der Waals surface area contributed by atoms with Gasteiger partial charge in [-0.15, -0.1) is 0 Å². The van der Waals surface area contributed by atoms with E-state index in [1.54, 1.807) is 24.0 Å². The van der Waals surface area contributed by atoms with Crippen LogP contribution in [-0.4, -0.2) is 45.7 Å². The minimum Gasteiger partial charge on any atom is -0.450 e. The third-order valence-corrected chi connectivity index (χ3v) is 7.58. The lowest BCUT2D eigenvalue weighted by Gasteiger charge is -2.38. The molecule has 2 aromatic carbocycles. The van der Waals surface area contributed by atoms with Crippen LogP contribution in [0.15, 0.2) is 47.4 Å². The molecule has 4 rings (SSSR count). The van der Waals surface area contributed by atoms with E-state index in [0.29, 0.717) is 26.2 Å². The molecule has 1 N–H and O–H groups in total. The highest BCUT2D eigenvalue weighted by atomic mass is 32.2. The molecular formula is C21H26N2O4S. The van der Waals surface area contributed by atoms with Gasteiger partial charge in [-0.25, -0.2) is 17.9 Å². The van der Waals surface area contributed by atoms with Crippen LogP contribution in [0, 0.1) is 11.3 Å². The van der Waals surface area contributed by atoms with Gasteiger partial charge in [0.05, 0.1) is 11.5 Å². The second-order valence-electron chi connectivity index (χ2n) is 7.82. The Bertz CT molecular complexity index is 985. The number of nitrogens with one attached hydrogen (secondary N) is 1. The molecule has 1 amide bonds. The van der Waals surface area contributed by atoms with Crippen LogP contribution in [0.4, 0.5) is 4.79 Å².